The lowest BCUT2D eigenvalue weighted by atomic mass is 9.98. The van der Waals surface area contributed by atoms with Crippen LogP contribution in [-0.2, 0) is 6.54 Å². The number of piperidine rings is 1. The fourth-order valence-corrected chi connectivity index (χ4v) is 2.86. The van der Waals surface area contributed by atoms with Gasteiger partial charge in [0.15, 0.2) is 0 Å². The summed E-state index contributed by atoms with van der Waals surface area (Å²) in [6, 6.07) is 14.0. The van der Waals surface area contributed by atoms with E-state index in [1.54, 1.807) is 18.3 Å². The Morgan fingerprint density at radius 3 is 2.71 bits per heavy atom. The van der Waals surface area contributed by atoms with E-state index in [0.29, 0.717) is 11.5 Å². The number of amides is 1. The van der Waals surface area contributed by atoms with Gasteiger partial charge in [0.2, 0.25) is 0 Å². The van der Waals surface area contributed by atoms with Crippen molar-refractivity contribution in [3.05, 3.63) is 66.0 Å². The van der Waals surface area contributed by atoms with Gasteiger partial charge in [-0.25, -0.2) is 5.43 Å². The van der Waals surface area contributed by atoms with Crippen LogP contribution in [0.15, 0.2) is 60.0 Å². The number of likely N-dealkylation sites (tertiary alicyclic amines) is 1. The standard InChI is InChI=1S/C19H22N4O/c24-19(18-7-4-10-20-14-18)22-21-13-16-8-11-23(12-9-16)15-17-5-2-1-3-6-17/h1-7,10,13-14,16H,8-9,11-12,15H2,(H,22,24). The average molecular weight is 322 g/mol. The fraction of sp³-hybridized carbons (Fsp3) is 0.316. The summed E-state index contributed by atoms with van der Waals surface area (Å²) in [5, 5.41) is 4.11. The van der Waals surface area contributed by atoms with Crippen LogP contribution >= 0.6 is 0 Å². The second-order valence-electron chi connectivity index (χ2n) is 6.06. The van der Waals surface area contributed by atoms with Crippen LogP contribution in [0.4, 0.5) is 0 Å². The van der Waals surface area contributed by atoms with Crippen molar-refractivity contribution >= 4 is 12.1 Å². The van der Waals surface area contributed by atoms with Crippen LogP contribution in [-0.4, -0.2) is 35.1 Å². The van der Waals surface area contributed by atoms with Gasteiger partial charge in [0.25, 0.3) is 5.91 Å². The molecule has 3 rings (SSSR count). The molecule has 2 aromatic rings. The molecule has 0 aliphatic carbocycles. The first kappa shape index (κ1) is 16.3. The first-order valence-electron chi connectivity index (χ1n) is 8.31. The van der Waals surface area contributed by atoms with Gasteiger partial charge in [-0.05, 0) is 49.5 Å². The minimum absolute atomic E-state index is 0.221. The van der Waals surface area contributed by atoms with E-state index in [9.17, 15) is 4.79 Å². The smallest absolute Gasteiger partial charge is 0.272 e. The second-order valence-corrected chi connectivity index (χ2v) is 6.06. The highest BCUT2D eigenvalue weighted by Gasteiger charge is 2.17. The zero-order chi connectivity index (χ0) is 16.6. The van der Waals surface area contributed by atoms with Crippen molar-refractivity contribution in [2.45, 2.75) is 19.4 Å². The fourth-order valence-electron chi connectivity index (χ4n) is 2.86. The predicted molar refractivity (Wildman–Crippen MR) is 94.6 cm³/mol. The maximum Gasteiger partial charge on any atom is 0.272 e. The molecule has 0 bridgehead atoms. The molecule has 2 heterocycles. The van der Waals surface area contributed by atoms with Crippen molar-refractivity contribution in [1.82, 2.24) is 15.3 Å². The molecule has 1 fully saturated rings. The molecule has 1 aliphatic rings. The lowest BCUT2D eigenvalue weighted by Gasteiger charge is -2.30. The highest BCUT2D eigenvalue weighted by atomic mass is 16.2. The van der Waals surface area contributed by atoms with Crippen LogP contribution in [0.1, 0.15) is 28.8 Å². The van der Waals surface area contributed by atoms with Gasteiger partial charge in [0.1, 0.15) is 0 Å². The maximum atomic E-state index is 11.9. The molecule has 1 aliphatic heterocycles. The number of carbonyl (C=O) groups is 1. The van der Waals surface area contributed by atoms with Crippen molar-refractivity contribution in [1.29, 1.82) is 0 Å². The van der Waals surface area contributed by atoms with E-state index in [1.807, 2.05) is 12.3 Å². The van der Waals surface area contributed by atoms with Crippen molar-refractivity contribution in [2.24, 2.45) is 11.0 Å². The number of aromatic nitrogens is 1. The lowest BCUT2D eigenvalue weighted by Crippen LogP contribution is -2.34. The van der Waals surface area contributed by atoms with Crippen molar-refractivity contribution < 1.29 is 4.79 Å². The van der Waals surface area contributed by atoms with E-state index >= 15 is 0 Å². The van der Waals surface area contributed by atoms with E-state index in [4.69, 9.17) is 0 Å². The van der Waals surface area contributed by atoms with Crippen molar-refractivity contribution in [2.75, 3.05) is 13.1 Å². The zero-order valence-electron chi connectivity index (χ0n) is 13.6. The predicted octanol–water partition coefficient (Wildman–Crippen LogP) is 2.71. The Labute approximate surface area is 142 Å². The van der Waals surface area contributed by atoms with Gasteiger partial charge in [0, 0.05) is 25.2 Å². The molecule has 1 N–H and O–H groups in total. The molecule has 0 saturated carbocycles. The van der Waals surface area contributed by atoms with Gasteiger partial charge in [-0.2, -0.15) is 5.10 Å². The molecule has 1 aromatic carbocycles. The maximum absolute atomic E-state index is 11.9. The molecular weight excluding hydrogens is 300 g/mol. The molecule has 0 spiro atoms. The third-order valence-electron chi connectivity index (χ3n) is 4.26. The molecule has 0 atom stereocenters. The van der Waals surface area contributed by atoms with Crippen LogP contribution in [0.2, 0.25) is 0 Å². The van der Waals surface area contributed by atoms with E-state index < -0.39 is 0 Å². The first-order chi connectivity index (χ1) is 11.8. The monoisotopic (exact) mass is 322 g/mol. The third kappa shape index (κ3) is 4.73. The number of hydrogen-bond acceptors (Lipinski definition) is 4. The Morgan fingerprint density at radius 2 is 2.00 bits per heavy atom. The summed E-state index contributed by atoms with van der Waals surface area (Å²) in [7, 11) is 0. The van der Waals surface area contributed by atoms with Crippen LogP contribution in [0, 0.1) is 5.92 Å². The Morgan fingerprint density at radius 1 is 1.21 bits per heavy atom. The molecule has 0 radical (unpaired) electrons. The van der Waals surface area contributed by atoms with Crippen LogP contribution in [0.5, 0.6) is 0 Å². The van der Waals surface area contributed by atoms with E-state index in [-0.39, 0.29) is 5.91 Å². The van der Waals surface area contributed by atoms with Crippen molar-refractivity contribution in [3.63, 3.8) is 0 Å². The Bertz CT molecular complexity index is 664. The van der Waals surface area contributed by atoms with Gasteiger partial charge in [-0.3, -0.25) is 14.7 Å². The van der Waals surface area contributed by atoms with Gasteiger partial charge in [0.05, 0.1) is 5.56 Å². The molecule has 1 aromatic heterocycles. The van der Waals surface area contributed by atoms with Crippen molar-refractivity contribution in [3.8, 4) is 0 Å². The van der Waals surface area contributed by atoms with Gasteiger partial charge in [-0.15, -0.1) is 0 Å². The van der Waals surface area contributed by atoms with E-state index in [0.717, 1.165) is 32.5 Å². The molecule has 1 saturated heterocycles. The van der Waals surface area contributed by atoms with Gasteiger partial charge >= 0.3 is 0 Å². The SMILES string of the molecule is O=C(NN=CC1CCN(Cc2ccccc2)CC1)c1cccnc1. The molecule has 5 heteroatoms. The third-order valence-corrected chi connectivity index (χ3v) is 4.26. The summed E-state index contributed by atoms with van der Waals surface area (Å²) >= 11 is 0. The number of nitrogens with zero attached hydrogens (tertiary/aromatic N) is 3. The molecule has 5 nitrogen and oxygen atoms in total. The molecule has 0 unspecified atom stereocenters. The summed E-state index contributed by atoms with van der Waals surface area (Å²) in [5.74, 6) is 0.201. The molecule has 1 amide bonds. The highest BCUT2D eigenvalue weighted by molar-refractivity contribution is 5.93. The minimum Gasteiger partial charge on any atom is -0.299 e. The lowest BCUT2D eigenvalue weighted by molar-refractivity contribution is 0.0954. The largest absolute Gasteiger partial charge is 0.299 e. The zero-order valence-corrected chi connectivity index (χ0v) is 13.6. The Hall–Kier alpha value is -2.53. The summed E-state index contributed by atoms with van der Waals surface area (Å²) < 4.78 is 0. The Kier molecular flexibility index (Phi) is 5.69. The molecule has 124 valence electrons. The quantitative estimate of drug-likeness (QED) is 0.680. The number of carbonyl (C=O) groups excluding carboxylic acids is 1. The normalized spacial score (nSPS) is 16.3. The second kappa shape index (κ2) is 8.36. The number of hydrazone groups is 1. The number of benzene rings is 1. The number of pyridine rings is 1. The number of hydrogen-bond donors (Lipinski definition) is 1. The summed E-state index contributed by atoms with van der Waals surface area (Å²) in [4.78, 5) is 18.3. The van der Waals surface area contributed by atoms with E-state index in [2.05, 4.69) is 44.7 Å². The highest BCUT2D eigenvalue weighted by Crippen LogP contribution is 2.17. The molecule has 24 heavy (non-hydrogen) atoms. The number of nitrogens with one attached hydrogen (secondary N) is 1. The van der Waals surface area contributed by atoms with Crippen LogP contribution in [0.3, 0.4) is 0 Å². The van der Waals surface area contributed by atoms with E-state index in [1.165, 1.54) is 11.8 Å². The first-order valence-corrected chi connectivity index (χ1v) is 8.31. The van der Waals surface area contributed by atoms with Crippen LogP contribution in [0.25, 0.3) is 0 Å². The van der Waals surface area contributed by atoms with Gasteiger partial charge < -0.3 is 0 Å². The minimum atomic E-state index is -0.221. The average Bonchev–Trinajstić information content (AvgIpc) is 2.65. The Balaban J connectivity index is 1.41. The topological polar surface area (TPSA) is 57.6 Å². The molecular formula is C19H22N4O. The van der Waals surface area contributed by atoms with Gasteiger partial charge in [-0.1, -0.05) is 30.3 Å². The van der Waals surface area contributed by atoms with Crippen LogP contribution < -0.4 is 5.43 Å². The summed E-state index contributed by atoms with van der Waals surface area (Å²) in [6.07, 6.45) is 7.18. The number of rotatable bonds is 5. The summed E-state index contributed by atoms with van der Waals surface area (Å²) in [5.41, 5.74) is 4.45. The summed E-state index contributed by atoms with van der Waals surface area (Å²) in [6.45, 7) is 3.12.